The molecule has 8 rings (SSSR count). The van der Waals surface area contributed by atoms with Crippen molar-refractivity contribution in [1.82, 2.24) is 0 Å². The lowest BCUT2D eigenvalue weighted by Crippen LogP contribution is -2.17. The van der Waals surface area contributed by atoms with E-state index in [1.165, 1.54) is 89.1 Å². The van der Waals surface area contributed by atoms with Crippen LogP contribution in [-0.4, -0.2) is 0 Å². The molecule has 7 aromatic rings. The molecule has 0 spiro atoms. The molecule has 1 aliphatic carbocycles. The van der Waals surface area contributed by atoms with Crippen LogP contribution < -0.4 is 4.90 Å². The van der Waals surface area contributed by atoms with Gasteiger partial charge in [-0.1, -0.05) is 215 Å². The van der Waals surface area contributed by atoms with Crippen LogP contribution in [0.1, 0.15) is 157 Å². The third kappa shape index (κ3) is 9.21. The standard InChI is InChI=1S/C65H75N/c1-60(2,3)48-24-28-54(29-25-48)66(55-30-31-57-56-20-18-19-21-58(56)65(16,17)59(57)41-55)53-26-22-42(23-27-53)43-32-44(35-49(34-43)61(4,5)6)45-33-46(37-50(36-45)62(7,8)9)47-38-51(63(10,11)12)40-52(39-47)64(13,14)15/h18-41H,1-17H3. The topological polar surface area (TPSA) is 3.24 Å². The third-order valence-electron chi connectivity index (χ3n) is 14.2. The van der Waals surface area contributed by atoms with Crippen LogP contribution in [0.5, 0.6) is 0 Å². The van der Waals surface area contributed by atoms with Gasteiger partial charge in [0.2, 0.25) is 0 Å². The van der Waals surface area contributed by atoms with Gasteiger partial charge in [0.05, 0.1) is 0 Å². The summed E-state index contributed by atoms with van der Waals surface area (Å²) in [6.07, 6.45) is 0. The van der Waals surface area contributed by atoms with E-state index in [1.54, 1.807) is 0 Å². The van der Waals surface area contributed by atoms with Gasteiger partial charge < -0.3 is 4.90 Å². The Kier molecular flexibility index (Phi) is 11.6. The molecule has 0 aliphatic heterocycles. The Balaban J connectivity index is 1.25. The molecular formula is C65H75N. The molecule has 0 bridgehead atoms. The van der Waals surface area contributed by atoms with Gasteiger partial charge in [0.1, 0.15) is 0 Å². The molecule has 0 radical (unpaired) electrons. The summed E-state index contributed by atoms with van der Waals surface area (Å²) in [6.45, 7) is 39.6. The molecule has 0 unspecified atom stereocenters. The van der Waals surface area contributed by atoms with Gasteiger partial charge in [0, 0.05) is 22.5 Å². The predicted molar refractivity (Wildman–Crippen MR) is 288 cm³/mol. The summed E-state index contributed by atoms with van der Waals surface area (Å²) in [5.41, 5.74) is 23.1. The van der Waals surface area contributed by atoms with Gasteiger partial charge in [-0.25, -0.2) is 0 Å². The Morgan fingerprint density at radius 3 is 1.08 bits per heavy atom. The Morgan fingerprint density at radius 2 is 0.636 bits per heavy atom. The fraction of sp³-hybridized carbons (Fsp3) is 0.354. The van der Waals surface area contributed by atoms with Crippen molar-refractivity contribution in [3.8, 4) is 44.5 Å². The highest BCUT2D eigenvalue weighted by Crippen LogP contribution is 2.51. The zero-order valence-corrected chi connectivity index (χ0v) is 43.3. The van der Waals surface area contributed by atoms with Gasteiger partial charge in [-0.05, 0) is 159 Å². The molecule has 1 nitrogen and oxygen atoms in total. The Hall–Kier alpha value is -5.66. The van der Waals surface area contributed by atoms with E-state index in [9.17, 15) is 0 Å². The number of rotatable bonds is 6. The molecule has 0 saturated carbocycles. The van der Waals surface area contributed by atoms with Gasteiger partial charge in [-0.15, -0.1) is 0 Å². The van der Waals surface area contributed by atoms with E-state index in [-0.39, 0.29) is 32.5 Å². The van der Waals surface area contributed by atoms with Crippen molar-refractivity contribution in [1.29, 1.82) is 0 Å². The van der Waals surface area contributed by atoms with Gasteiger partial charge >= 0.3 is 0 Å². The van der Waals surface area contributed by atoms with Crippen molar-refractivity contribution in [3.05, 3.63) is 185 Å². The van der Waals surface area contributed by atoms with Crippen LogP contribution in [0.2, 0.25) is 0 Å². The number of benzene rings is 7. The third-order valence-corrected chi connectivity index (χ3v) is 14.2. The fourth-order valence-corrected chi connectivity index (χ4v) is 9.64. The van der Waals surface area contributed by atoms with Gasteiger partial charge in [-0.3, -0.25) is 0 Å². The highest BCUT2D eigenvalue weighted by molar-refractivity contribution is 5.86. The van der Waals surface area contributed by atoms with Crippen LogP contribution in [0.3, 0.4) is 0 Å². The maximum atomic E-state index is 2.44. The quantitative estimate of drug-likeness (QED) is 0.161. The van der Waals surface area contributed by atoms with E-state index in [1.807, 2.05) is 0 Å². The molecule has 0 heterocycles. The molecule has 7 aromatic carbocycles. The summed E-state index contributed by atoms with van der Waals surface area (Å²) >= 11 is 0. The first-order valence-corrected chi connectivity index (χ1v) is 24.3. The summed E-state index contributed by atoms with van der Waals surface area (Å²) < 4.78 is 0. The molecule has 0 N–H and O–H groups in total. The Labute approximate surface area is 399 Å². The number of fused-ring (bicyclic) bond motifs is 3. The molecule has 0 atom stereocenters. The maximum absolute atomic E-state index is 2.44. The first-order chi connectivity index (χ1) is 30.6. The maximum Gasteiger partial charge on any atom is 0.0465 e. The SMILES string of the molecule is CC(C)(C)c1ccc(N(c2ccc(-c3cc(-c4cc(-c5cc(C(C)(C)C)cc(C(C)(C)C)c5)cc(C(C)(C)C)c4)cc(C(C)(C)C)c3)cc2)c2ccc3c(c2)C(C)(C)c2ccccc2-3)cc1. The van der Waals surface area contributed by atoms with Crippen molar-refractivity contribution in [2.75, 3.05) is 4.90 Å². The molecule has 340 valence electrons. The van der Waals surface area contributed by atoms with Gasteiger partial charge in [-0.2, -0.15) is 0 Å². The summed E-state index contributed by atoms with van der Waals surface area (Å²) in [6, 6.07) is 56.4. The normalized spacial score (nSPS) is 14.0. The lowest BCUT2D eigenvalue weighted by atomic mass is 9.77. The van der Waals surface area contributed by atoms with Crippen molar-refractivity contribution >= 4 is 17.1 Å². The minimum Gasteiger partial charge on any atom is -0.310 e. The second kappa shape index (κ2) is 16.3. The van der Waals surface area contributed by atoms with Crippen molar-refractivity contribution in [3.63, 3.8) is 0 Å². The Bertz CT molecular complexity index is 2890. The van der Waals surface area contributed by atoms with E-state index < -0.39 is 0 Å². The van der Waals surface area contributed by atoms with Crippen LogP contribution in [0.15, 0.2) is 146 Å². The Morgan fingerprint density at radius 1 is 0.288 bits per heavy atom. The van der Waals surface area contributed by atoms with E-state index in [4.69, 9.17) is 0 Å². The van der Waals surface area contributed by atoms with Crippen LogP contribution >= 0.6 is 0 Å². The number of anilines is 3. The molecule has 1 aliphatic rings. The van der Waals surface area contributed by atoms with Crippen LogP contribution in [0, 0.1) is 0 Å². The number of hydrogen-bond donors (Lipinski definition) is 0. The summed E-state index contributed by atoms with van der Waals surface area (Å²) in [5, 5.41) is 0. The first kappa shape index (κ1) is 46.9. The van der Waals surface area contributed by atoms with Crippen LogP contribution in [0.25, 0.3) is 44.5 Å². The highest BCUT2D eigenvalue weighted by atomic mass is 15.1. The lowest BCUT2D eigenvalue weighted by molar-refractivity contribution is 0.569. The molecular weight excluding hydrogens is 795 g/mol. The molecule has 0 saturated heterocycles. The molecule has 0 aromatic heterocycles. The van der Waals surface area contributed by atoms with Crippen molar-refractivity contribution in [2.45, 2.75) is 150 Å². The van der Waals surface area contributed by atoms with E-state index in [0.717, 1.165) is 11.4 Å². The smallest absolute Gasteiger partial charge is 0.0465 e. The van der Waals surface area contributed by atoms with Gasteiger partial charge in [0.15, 0.2) is 0 Å². The van der Waals surface area contributed by atoms with Crippen LogP contribution in [0.4, 0.5) is 17.1 Å². The second-order valence-electron chi connectivity index (χ2n) is 25.0. The predicted octanol–water partition coefficient (Wildman–Crippen LogP) is 19.0. The van der Waals surface area contributed by atoms with Crippen molar-refractivity contribution < 1.29 is 0 Å². The van der Waals surface area contributed by atoms with Crippen LogP contribution in [-0.2, 0) is 32.5 Å². The average Bonchev–Trinajstić information content (AvgIpc) is 3.47. The zero-order valence-electron chi connectivity index (χ0n) is 43.3. The second-order valence-corrected chi connectivity index (χ2v) is 25.0. The summed E-state index contributed by atoms with van der Waals surface area (Å²) in [5.74, 6) is 0. The summed E-state index contributed by atoms with van der Waals surface area (Å²) in [7, 11) is 0. The highest BCUT2D eigenvalue weighted by Gasteiger charge is 2.36. The molecule has 66 heavy (non-hydrogen) atoms. The number of hydrogen-bond acceptors (Lipinski definition) is 1. The molecule has 1 heteroatoms. The molecule has 0 amide bonds. The largest absolute Gasteiger partial charge is 0.310 e. The lowest BCUT2D eigenvalue weighted by Gasteiger charge is -2.29. The van der Waals surface area contributed by atoms with E-state index >= 15 is 0 Å². The monoisotopic (exact) mass is 870 g/mol. The minimum atomic E-state index is -0.0949. The van der Waals surface area contributed by atoms with Gasteiger partial charge in [0.25, 0.3) is 0 Å². The zero-order chi connectivity index (χ0) is 47.9. The first-order valence-electron chi connectivity index (χ1n) is 24.3. The van der Waals surface area contributed by atoms with Crippen molar-refractivity contribution in [2.24, 2.45) is 0 Å². The average molecular weight is 870 g/mol. The summed E-state index contributed by atoms with van der Waals surface area (Å²) in [4.78, 5) is 2.44. The minimum absolute atomic E-state index is 0.0307. The fourth-order valence-electron chi connectivity index (χ4n) is 9.64. The van der Waals surface area contributed by atoms with E-state index in [2.05, 4.69) is 268 Å². The molecule has 0 fully saturated rings. The van der Waals surface area contributed by atoms with E-state index in [0.29, 0.717) is 0 Å². The number of nitrogens with zero attached hydrogens (tertiary/aromatic N) is 1.